The highest BCUT2D eigenvalue weighted by atomic mass is 16.5. The normalized spacial score (nSPS) is 19.4. The molecule has 1 fully saturated rings. The van der Waals surface area contributed by atoms with E-state index in [1.807, 2.05) is 0 Å². The number of rotatable bonds is 7. The number of unbranched alkanes of at least 4 members (excludes halogenated alkanes) is 2. The van der Waals surface area contributed by atoms with E-state index in [0.29, 0.717) is 29.8 Å². The van der Waals surface area contributed by atoms with Gasteiger partial charge in [-0.05, 0) is 37.5 Å². The summed E-state index contributed by atoms with van der Waals surface area (Å²) in [6.07, 6.45) is 4.82. The van der Waals surface area contributed by atoms with E-state index in [1.165, 1.54) is 11.0 Å². The third-order valence-electron chi connectivity index (χ3n) is 4.71. The van der Waals surface area contributed by atoms with E-state index >= 15 is 0 Å². The quantitative estimate of drug-likeness (QED) is 0.609. The number of fused-ring (bicyclic) bond motifs is 1. The molecule has 6 heteroatoms. The van der Waals surface area contributed by atoms with Crippen LogP contribution in [0.2, 0.25) is 0 Å². The summed E-state index contributed by atoms with van der Waals surface area (Å²) in [5, 5.41) is 2.85. The molecule has 0 spiro atoms. The van der Waals surface area contributed by atoms with Crippen molar-refractivity contribution in [2.45, 2.75) is 45.1 Å². The first-order chi connectivity index (χ1) is 12.1. The van der Waals surface area contributed by atoms with Crippen molar-refractivity contribution in [2.75, 3.05) is 19.7 Å². The SMILES string of the molecule is CCCCCNC(=O)c1ccc2c(c1)C(=O)N(CC1CCCO1)C2=O. The largest absolute Gasteiger partial charge is 0.376 e. The lowest BCUT2D eigenvalue weighted by Gasteiger charge is -2.17. The lowest BCUT2D eigenvalue weighted by atomic mass is 10.1. The number of nitrogens with zero attached hydrogens (tertiary/aromatic N) is 1. The predicted octanol–water partition coefficient (Wildman–Crippen LogP) is 2.38. The molecule has 0 aromatic heterocycles. The molecule has 1 unspecified atom stereocenters. The standard InChI is InChI=1S/C19H24N2O4/c1-2-3-4-9-20-17(22)13-7-8-15-16(11-13)19(24)21(18(15)23)12-14-6-5-10-25-14/h7-8,11,14H,2-6,9-10,12H2,1H3,(H,20,22). The molecule has 2 heterocycles. The van der Waals surface area contributed by atoms with Crippen LogP contribution in [0.15, 0.2) is 18.2 Å². The first-order valence-corrected chi connectivity index (χ1v) is 9.02. The zero-order chi connectivity index (χ0) is 17.8. The summed E-state index contributed by atoms with van der Waals surface area (Å²) in [7, 11) is 0. The van der Waals surface area contributed by atoms with E-state index < -0.39 is 0 Å². The molecule has 3 amide bonds. The molecule has 1 N–H and O–H groups in total. The van der Waals surface area contributed by atoms with Crippen LogP contribution < -0.4 is 5.32 Å². The molecule has 1 aromatic rings. The van der Waals surface area contributed by atoms with Gasteiger partial charge in [-0.15, -0.1) is 0 Å². The van der Waals surface area contributed by atoms with Crippen molar-refractivity contribution in [1.82, 2.24) is 10.2 Å². The van der Waals surface area contributed by atoms with Gasteiger partial charge in [-0.1, -0.05) is 19.8 Å². The number of nitrogens with one attached hydrogen (secondary N) is 1. The number of hydrogen-bond donors (Lipinski definition) is 1. The average Bonchev–Trinajstić information content (AvgIpc) is 3.21. The van der Waals surface area contributed by atoms with Crippen molar-refractivity contribution in [3.63, 3.8) is 0 Å². The fourth-order valence-corrected chi connectivity index (χ4v) is 3.27. The summed E-state index contributed by atoms with van der Waals surface area (Å²) >= 11 is 0. The molecule has 1 saturated heterocycles. The summed E-state index contributed by atoms with van der Waals surface area (Å²) in [5.74, 6) is -0.849. The van der Waals surface area contributed by atoms with Crippen molar-refractivity contribution in [2.24, 2.45) is 0 Å². The Bertz CT molecular complexity index is 680. The van der Waals surface area contributed by atoms with Crippen LogP contribution in [0.4, 0.5) is 0 Å². The summed E-state index contributed by atoms with van der Waals surface area (Å²) in [5.41, 5.74) is 1.09. The highest BCUT2D eigenvalue weighted by molar-refractivity contribution is 6.22. The van der Waals surface area contributed by atoms with Crippen molar-refractivity contribution >= 4 is 17.7 Å². The van der Waals surface area contributed by atoms with Gasteiger partial charge in [0.2, 0.25) is 0 Å². The van der Waals surface area contributed by atoms with Crippen molar-refractivity contribution in [3.05, 3.63) is 34.9 Å². The molecular formula is C19H24N2O4. The molecule has 2 aliphatic rings. The highest BCUT2D eigenvalue weighted by Crippen LogP contribution is 2.26. The minimum Gasteiger partial charge on any atom is -0.376 e. The van der Waals surface area contributed by atoms with Gasteiger partial charge in [-0.25, -0.2) is 0 Å². The Kier molecular flexibility index (Phi) is 5.48. The van der Waals surface area contributed by atoms with Gasteiger partial charge in [0.05, 0.1) is 23.8 Å². The molecule has 2 aliphatic heterocycles. The van der Waals surface area contributed by atoms with E-state index in [0.717, 1.165) is 32.1 Å². The smallest absolute Gasteiger partial charge is 0.261 e. The van der Waals surface area contributed by atoms with E-state index in [-0.39, 0.29) is 30.4 Å². The van der Waals surface area contributed by atoms with Crippen LogP contribution in [0, 0.1) is 0 Å². The molecule has 0 aliphatic carbocycles. The van der Waals surface area contributed by atoms with Gasteiger partial charge in [0.15, 0.2) is 0 Å². The van der Waals surface area contributed by atoms with Crippen LogP contribution >= 0.6 is 0 Å². The molecule has 3 rings (SSSR count). The van der Waals surface area contributed by atoms with Crippen molar-refractivity contribution in [3.8, 4) is 0 Å². The lowest BCUT2D eigenvalue weighted by Crippen LogP contribution is -2.36. The van der Waals surface area contributed by atoms with Crippen molar-refractivity contribution < 1.29 is 19.1 Å². The maximum absolute atomic E-state index is 12.6. The average molecular weight is 344 g/mol. The van der Waals surface area contributed by atoms with E-state index in [2.05, 4.69) is 12.2 Å². The third-order valence-corrected chi connectivity index (χ3v) is 4.71. The molecule has 1 aromatic carbocycles. The van der Waals surface area contributed by atoms with E-state index in [1.54, 1.807) is 12.1 Å². The Morgan fingerprint density at radius 2 is 2.04 bits per heavy atom. The molecule has 25 heavy (non-hydrogen) atoms. The van der Waals surface area contributed by atoms with Gasteiger partial charge in [0, 0.05) is 18.7 Å². The Balaban J connectivity index is 1.69. The minimum absolute atomic E-state index is 0.0800. The molecular weight excluding hydrogens is 320 g/mol. The number of benzene rings is 1. The lowest BCUT2D eigenvalue weighted by molar-refractivity contribution is 0.0475. The summed E-state index contributed by atoms with van der Waals surface area (Å²) < 4.78 is 5.53. The number of hydrogen-bond acceptors (Lipinski definition) is 4. The van der Waals surface area contributed by atoms with Gasteiger partial charge < -0.3 is 10.1 Å². The number of carbonyl (C=O) groups is 3. The Morgan fingerprint density at radius 1 is 1.24 bits per heavy atom. The monoisotopic (exact) mass is 344 g/mol. The molecule has 0 saturated carbocycles. The number of amides is 3. The second kappa shape index (κ2) is 7.78. The zero-order valence-electron chi connectivity index (χ0n) is 14.5. The van der Waals surface area contributed by atoms with Crippen LogP contribution in [0.1, 0.15) is 70.1 Å². The van der Waals surface area contributed by atoms with Crippen LogP contribution in [-0.4, -0.2) is 48.4 Å². The van der Waals surface area contributed by atoms with Gasteiger partial charge >= 0.3 is 0 Å². The molecule has 0 radical (unpaired) electrons. The zero-order valence-corrected chi connectivity index (χ0v) is 14.5. The van der Waals surface area contributed by atoms with Crippen LogP contribution in [0.3, 0.4) is 0 Å². The highest BCUT2D eigenvalue weighted by Gasteiger charge is 2.37. The molecule has 0 bridgehead atoms. The topological polar surface area (TPSA) is 75.7 Å². The second-order valence-electron chi connectivity index (χ2n) is 6.58. The van der Waals surface area contributed by atoms with Crippen LogP contribution in [0.5, 0.6) is 0 Å². The van der Waals surface area contributed by atoms with Gasteiger partial charge in [0.25, 0.3) is 17.7 Å². The van der Waals surface area contributed by atoms with Crippen molar-refractivity contribution in [1.29, 1.82) is 0 Å². The summed E-state index contributed by atoms with van der Waals surface area (Å²) in [6.45, 7) is 3.68. The fraction of sp³-hybridized carbons (Fsp3) is 0.526. The molecule has 6 nitrogen and oxygen atoms in total. The number of imide groups is 1. The Hall–Kier alpha value is -2.21. The van der Waals surface area contributed by atoms with Gasteiger partial charge in [-0.2, -0.15) is 0 Å². The maximum Gasteiger partial charge on any atom is 0.261 e. The van der Waals surface area contributed by atoms with Crippen LogP contribution in [-0.2, 0) is 4.74 Å². The summed E-state index contributed by atoms with van der Waals surface area (Å²) in [6, 6.07) is 4.71. The Labute approximate surface area is 147 Å². The maximum atomic E-state index is 12.6. The molecule has 1 atom stereocenters. The summed E-state index contributed by atoms with van der Waals surface area (Å²) in [4.78, 5) is 38.5. The van der Waals surface area contributed by atoms with E-state index in [9.17, 15) is 14.4 Å². The fourth-order valence-electron chi connectivity index (χ4n) is 3.27. The third kappa shape index (κ3) is 3.74. The Morgan fingerprint density at radius 3 is 2.76 bits per heavy atom. The van der Waals surface area contributed by atoms with E-state index in [4.69, 9.17) is 4.74 Å². The number of ether oxygens (including phenoxy) is 1. The first kappa shape index (κ1) is 17.6. The van der Waals surface area contributed by atoms with Crippen LogP contribution in [0.25, 0.3) is 0 Å². The molecule has 134 valence electrons. The first-order valence-electron chi connectivity index (χ1n) is 9.02. The number of carbonyl (C=O) groups excluding carboxylic acids is 3. The van der Waals surface area contributed by atoms with Gasteiger partial charge in [-0.3, -0.25) is 19.3 Å². The van der Waals surface area contributed by atoms with Gasteiger partial charge in [0.1, 0.15) is 0 Å². The second-order valence-corrected chi connectivity index (χ2v) is 6.58. The predicted molar refractivity (Wildman–Crippen MR) is 92.6 cm³/mol. The minimum atomic E-state index is -0.337.